The lowest BCUT2D eigenvalue weighted by molar-refractivity contribution is -0.134. The number of rotatable bonds is 8. The minimum Gasteiger partial charge on any atom is -0.478 e. The predicted molar refractivity (Wildman–Crippen MR) is 132 cm³/mol. The molecule has 2 aromatic carbocycles. The van der Waals surface area contributed by atoms with E-state index in [0.29, 0.717) is 18.1 Å². The number of amides is 1. The Morgan fingerprint density at radius 3 is 2.18 bits per heavy atom. The fourth-order valence-electron chi connectivity index (χ4n) is 4.12. The minimum atomic E-state index is -1.26. The number of hydrogen-bond acceptors (Lipinski definition) is 5. The average molecular weight is 483 g/mol. The summed E-state index contributed by atoms with van der Waals surface area (Å²) < 4.78 is 0. The smallest absolute Gasteiger partial charge is 0.328 e. The van der Waals surface area contributed by atoms with Gasteiger partial charge in [-0.1, -0.05) is 36.4 Å². The minimum absolute atomic E-state index is 0.224. The van der Waals surface area contributed by atoms with Gasteiger partial charge in [-0.3, -0.25) is 4.79 Å². The van der Waals surface area contributed by atoms with Crippen LogP contribution < -0.4 is 0 Å². The topological polar surface area (TPSA) is 98.1 Å². The zero-order valence-electron chi connectivity index (χ0n) is 19.0. The van der Waals surface area contributed by atoms with Crippen molar-refractivity contribution in [3.05, 3.63) is 77.9 Å². The summed E-state index contributed by atoms with van der Waals surface area (Å²) in [5, 5.41) is 15.6. The molecular formula is C26H30N2O5S. The quantitative estimate of drug-likeness (QED) is 0.435. The molecule has 180 valence electrons. The van der Waals surface area contributed by atoms with E-state index >= 15 is 0 Å². The van der Waals surface area contributed by atoms with Crippen molar-refractivity contribution in [3.8, 4) is 0 Å². The number of benzene rings is 2. The molecule has 1 saturated heterocycles. The number of thioether (sulfide) groups is 1. The molecule has 7 nitrogen and oxygen atoms in total. The molecule has 2 N–H and O–H groups in total. The number of hydrogen-bond donors (Lipinski definition) is 2. The van der Waals surface area contributed by atoms with E-state index in [0.717, 1.165) is 44.0 Å². The van der Waals surface area contributed by atoms with Gasteiger partial charge in [0.25, 0.3) is 5.91 Å². The first-order valence-electron chi connectivity index (χ1n) is 11.3. The van der Waals surface area contributed by atoms with Gasteiger partial charge in [-0.25, -0.2) is 9.59 Å². The summed E-state index contributed by atoms with van der Waals surface area (Å²) in [5.74, 6) is -0.498. The van der Waals surface area contributed by atoms with Gasteiger partial charge < -0.3 is 20.0 Å². The summed E-state index contributed by atoms with van der Waals surface area (Å²) in [6.45, 7) is 5.19. The van der Waals surface area contributed by atoms with Crippen LogP contribution in [0.3, 0.4) is 0 Å². The third-order valence-electron chi connectivity index (χ3n) is 5.87. The molecule has 2 aliphatic rings. The summed E-state index contributed by atoms with van der Waals surface area (Å²) in [4.78, 5) is 37.6. The average Bonchev–Trinajstić information content (AvgIpc) is 3.15. The lowest BCUT2D eigenvalue weighted by Crippen LogP contribution is -2.39. The van der Waals surface area contributed by atoms with Gasteiger partial charge in [0, 0.05) is 48.0 Å². The van der Waals surface area contributed by atoms with Crippen LogP contribution in [0.15, 0.2) is 71.6 Å². The van der Waals surface area contributed by atoms with E-state index in [2.05, 4.69) is 46.2 Å². The lowest BCUT2D eigenvalue weighted by Gasteiger charge is -2.33. The summed E-state index contributed by atoms with van der Waals surface area (Å²) in [6, 6.07) is 18.7. The molecule has 0 aliphatic carbocycles. The zero-order chi connectivity index (χ0) is 24.3. The number of nitrogens with zero attached hydrogens (tertiary/aromatic N) is 2. The van der Waals surface area contributed by atoms with Crippen LogP contribution in [0.2, 0.25) is 0 Å². The van der Waals surface area contributed by atoms with E-state index in [1.54, 1.807) is 0 Å². The van der Waals surface area contributed by atoms with Gasteiger partial charge >= 0.3 is 11.9 Å². The Kier molecular flexibility index (Phi) is 9.73. The number of piperidine rings is 1. The Balaban J connectivity index is 0.000000350. The van der Waals surface area contributed by atoms with Crippen molar-refractivity contribution in [2.75, 3.05) is 31.9 Å². The molecule has 1 fully saturated rings. The van der Waals surface area contributed by atoms with E-state index in [9.17, 15) is 14.4 Å². The SMILES string of the molecule is O=C(O)C=CC(=O)O.O=C1c2ccccc2CN1CC1CCN(CCSc2ccccc2)CC1. The van der Waals surface area contributed by atoms with E-state index in [1.165, 1.54) is 23.3 Å². The highest BCUT2D eigenvalue weighted by Crippen LogP contribution is 2.26. The molecule has 0 radical (unpaired) electrons. The van der Waals surface area contributed by atoms with Crippen molar-refractivity contribution in [2.24, 2.45) is 5.92 Å². The Bertz CT molecular complexity index is 987. The van der Waals surface area contributed by atoms with Crippen LogP contribution in [0.4, 0.5) is 0 Å². The van der Waals surface area contributed by atoms with Crippen LogP contribution >= 0.6 is 11.8 Å². The second-order valence-electron chi connectivity index (χ2n) is 8.30. The second kappa shape index (κ2) is 13.0. The molecule has 0 aromatic heterocycles. The highest BCUT2D eigenvalue weighted by Gasteiger charge is 2.29. The Hall–Kier alpha value is -3.10. The number of carbonyl (C=O) groups excluding carboxylic acids is 1. The molecule has 0 unspecified atom stereocenters. The van der Waals surface area contributed by atoms with E-state index in [-0.39, 0.29) is 5.91 Å². The van der Waals surface area contributed by atoms with Crippen LogP contribution in [-0.4, -0.2) is 69.8 Å². The lowest BCUT2D eigenvalue weighted by atomic mass is 9.96. The van der Waals surface area contributed by atoms with Crippen molar-refractivity contribution in [1.82, 2.24) is 9.80 Å². The van der Waals surface area contributed by atoms with Crippen LogP contribution in [0.1, 0.15) is 28.8 Å². The highest BCUT2D eigenvalue weighted by molar-refractivity contribution is 7.99. The van der Waals surface area contributed by atoms with Gasteiger partial charge in [-0.2, -0.15) is 0 Å². The maximum atomic E-state index is 12.5. The molecule has 0 atom stereocenters. The molecule has 2 aliphatic heterocycles. The van der Waals surface area contributed by atoms with Gasteiger partial charge in [0.2, 0.25) is 0 Å². The first-order chi connectivity index (χ1) is 16.4. The summed E-state index contributed by atoms with van der Waals surface area (Å²) >= 11 is 1.94. The van der Waals surface area contributed by atoms with Gasteiger partial charge in [-0.05, 0) is 55.6 Å². The van der Waals surface area contributed by atoms with Crippen LogP contribution in [-0.2, 0) is 16.1 Å². The number of likely N-dealkylation sites (tertiary alicyclic amines) is 1. The fourth-order valence-corrected chi connectivity index (χ4v) is 5.05. The summed E-state index contributed by atoms with van der Waals surface area (Å²) in [6.07, 6.45) is 3.52. The molecule has 4 rings (SSSR count). The normalized spacial score (nSPS) is 16.2. The van der Waals surface area contributed by atoms with E-state index in [1.807, 2.05) is 30.0 Å². The molecule has 0 spiro atoms. The van der Waals surface area contributed by atoms with Crippen molar-refractivity contribution in [3.63, 3.8) is 0 Å². The zero-order valence-corrected chi connectivity index (χ0v) is 19.8. The number of fused-ring (bicyclic) bond motifs is 1. The van der Waals surface area contributed by atoms with Gasteiger partial charge in [-0.15, -0.1) is 11.8 Å². The standard InChI is InChI=1S/C22H26N2OS.C4H4O4/c25-22-21-9-5-4-6-19(21)17-24(22)16-18-10-12-23(13-11-18)14-15-26-20-7-2-1-3-8-20;5-3(6)1-2-4(7)8/h1-9,18H,10-17H2;1-2H,(H,5,6)(H,7,8). The van der Waals surface area contributed by atoms with E-state index < -0.39 is 11.9 Å². The van der Waals surface area contributed by atoms with Crippen LogP contribution in [0, 0.1) is 5.92 Å². The summed E-state index contributed by atoms with van der Waals surface area (Å²) in [5.41, 5.74) is 2.09. The van der Waals surface area contributed by atoms with Crippen LogP contribution in [0.25, 0.3) is 0 Å². The maximum Gasteiger partial charge on any atom is 0.328 e. The Labute approximate surface area is 204 Å². The molecular weight excluding hydrogens is 452 g/mol. The largest absolute Gasteiger partial charge is 0.478 e. The van der Waals surface area contributed by atoms with Crippen LogP contribution in [0.5, 0.6) is 0 Å². The second-order valence-corrected chi connectivity index (χ2v) is 9.47. The Morgan fingerprint density at radius 2 is 1.56 bits per heavy atom. The number of aliphatic carboxylic acids is 2. The molecule has 0 bridgehead atoms. The predicted octanol–water partition coefficient (Wildman–Crippen LogP) is 3.86. The first-order valence-corrected chi connectivity index (χ1v) is 12.3. The molecule has 34 heavy (non-hydrogen) atoms. The van der Waals surface area contributed by atoms with Crippen molar-refractivity contribution in [2.45, 2.75) is 24.3 Å². The molecule has 2 heterocycles. The Morgan fingerprint density at radius 1 is 0.941 bits per heavy atom. The van der Waals surface area contributed by atoms with Crippen molar-refractivity contribution >= 4 is 29.6 Å². The maximum absolute atomic E-state index is 12.5. The van der Waals surface area contributed by atoms with Gasteiger partial charge in [0.15, 0.2) is 0 Å². The first kappa shape index (κ1) is 25.5. The third kappa shape index (κ3) is 8.04. The number of carboxylic acid groups (broad SMARTS) is 2. The highest BCUT2D eigenvalue weighted by atomic mass is 32.2. The summed E-state index contributed by atoms with van der Waals surface area (Å²) in [7, 11) is 0. The monoisotopic (exact) mass is 482 g/mol. The number of carboxylic acids is 2. The van der Waals surface area contributed by atoms with E-state index in [4.69, 9.17) is 10.2 Å². The van der Waals surface area contributed by atoms with Crippen molar-refractivity contribution in [1.29, 1.82) is 0 Å². The number of carbonyl (C=O) groups is 3. The molecule has 8 heteroatoms. The van der Waals surface area contributed by atoms with Gasteiger partial charge in [0.05, 0.1) is 0 Å². The molecule has 1 amide bonds. The van der Waals surface area contributed by atoms with Gasteiger partial charge in [0.1, 0.15) is 0 Å². The molecule has 0 saturated carbocycles. The molecule has 2 aromatic rings. The third-order valence-corrected chi connectivity index (χ3v) is 6.86. The van der Waals surface area contributed by atoms with Crippen molar-refractivity contribution < 1.29 is 24.6 Å². The fraction of sp³-hybridized carbons (Fsp3) is 0.346.